The molecule has 1 aromatic carbocycles. The van der Waals surface area contributed by atoms with Crippen LogP contribution in [0.3, 0.4) is 0 Å². The fourth-order valence-corrected chi connectivity index (χ4v) is 13.1. The number of anilines is 2. The highest BCUT2D eigenvalue weighted by molar-refractivity contribution is 7.48. The van der Waals surface area contributed by atoms with E-state index in [2.05, 4.69) is 74.4 Å². The van der Waals surface area contributed by atoms with Crippen LogP contribution in [0, 0.1) is 45.8 Å². The molecule has 0 radical (unpaired) electrons. The largest absolute Gasteiger partial charge is 0.475 e. The highest BCUT2D eigenvalue weighted by atomic mass is 31.2. The van der Waals surface area contributed by atoms with Crippen LogP contribution in [0.15, 0.2) is 54.1 Å². The topological polar surface area (TPSA) is 284 Å². The van der Waals surface area contributed by atoms with Gasteiger partial charge in [-0.2, -0.15) is 10.2 Å². The standard InChI is InChI=1S/C45H58N11O10PSi/c1-24(2)39(59)53-42-52-38-30(41(61)54-42)50-23-56(38)32-28-17-44(28,19-57)35(33(32)66-68(7,8)43(4,5)6)65-67(62,63-16-12-15-46)64-20-45-18-27(45)31(25(3)34(45)58)55-22-49-29-36(47-21-48-37(29)55)51-40(60)26-13-10-9-11-14-26/h9-11,13-14,21-25,27-28,31-35,57-58H,12,16-20H2,1-8H3,(H,47,48,51,60)(H2,52,53,54,59,61)/t25-,27+,28+,31-,32+,33-,34-,35-,44+,45+,67?/m0/s1. The predicted molar refractivity (Wildman–Crippen MR) is 249 cm³/mol. The number of fused-ring (bicyclic) bond motifs is 4. The highest BCUT2D eigenvalue weighted by Gasteiger charge is 2.75. The Kier molecular flexibility index (Phi) is 12.2. The van der Waals surface area contributed by atoms with Crippen LogP contribution in [-0.2, 0) is 27.4 Å². The zero-order chi connectivity index (χ0) is 48.7. The Morgan fingerprint density at radius 3 is 2.35 bits per heavy atom. The van der Waals surface area contributed by atoms with Crippen molar-refractivity contribution in [1.29, 1.82) is 5.26 Å². The summed E-state index contributed by atoms with van der Waals surface area (Å²) in [6.07, 6.45) is 2.31. The quantitative estimate of drug-likeness (QED) is 0.0421. The van der Waals surface area contributed by atoms with Crippen molar-refractivity contribution in [1.82, 2.24) is 39.0 Å². The minimum Gasteiger partial charge on any atom is -0.409 e. The molecule has 9 rings (SSSR count). The van der Waals surface area contributed by atoms with E-state index in [4.69, 9.17) is 18.0 Å². The van der Waals surface area contributed by atoms with Crippen molar-refractivity contribution in [2.24, 2.45) is 34.5 Å². The average molecular weight is 972 g/mol. The summed E-state index contributed by atoms with van der Waals surface area (Å²) in [5.41, 5.74) is -0.952. The molecule has 4 aromatic heterocycles. The molecule has 0 aliphatic heterocycles. The van der Waals surface area contributed by atoms with Gasteiger partial charge in [0.1, 0.15) is 12.4 Å². The molecule has 0 spiro atoms. The third-order valence-corrected chi connectivity index (χ3v) is 21.1. The monoisotopic (exact) mass is 971 g/mol. The van der Waals surface area contributed by atoms with Gasteiger partial charge in [0.15, 0.2) is 36.5 Å². The van der Waals surface area contributed by atoms with E-state index in [-0.39, 0.29) is 89.8 Å². The average Bonchev–Trinajstić information content (AvgIpc) is 4.01. The molecule has 4 heterocycles. The van der Waals surface area contributed by atoms with Crippen molar-refractivity contribution in [2.45, 2.75) is 109 Å². The molecule has 0 saturated heterocycles. The van der Waals surface area contributed by atoms with Gasteiger partial charge in [-0.25, -0.2) is 24.5 Å². The van der Waals surface area contributed by atoms with E-state index in [9.17, 15) is 29.9 Å². The fraction of sp³-hybridized carbons (Fsp3) is 0.578. The second-order valence-corrected chi connectivity index (χ2v) is 27.0. The number of carbonyl (C=O) groups is 2. The highest BCUT2D eigenvalue weighted by Crippen LogP contribution is 2.74. The third kappa shape index (κ3) is 8.09. The first-order valence-electron chi connectivity index (χ1n) is 22.9. The number of phosphoric acid groups is 1. The third-order valence-electron chi connectivity index (χ3n) is 15.2. The Balaban J connectivity index is 1.02. The smallest absolute Gasteiger partial charge is 0.409 e. The molecular weight excluding hydrogens is 914 g/mol. The van der Waals surface area contributed by atoms with Crippen LogP contribution in [0.5, 0.6) is 0 Å². The number of hydrogen-bond donors (Lipinski definition) is 5. The molecule has 11 atom stereocenters. The van der Waals surface area contributed by atoms with E-state index < -0.39 is 62.8 Å². The molecule has 4 fully saturated rings. The Bertz CT molecular complexity index is 2920. The molecule has 4 aliphatic carbocycles. The summed E-state index contributed by atoms with van der Waals surface area (Å²) in [5.74, 6) is -1.78. The van der Waals surface area contributed by atoms with Gasteiger partial charge < -0.3 is 29.1 Å². The van der Waals surface area contributed by atoms with Gasteiger partial charge in [-0.05, 0) is 54.9 Å². The lowest BCUT2D eigenvalue weighted by Crippen LogP contribution is -2.50. The summed E-state index contributed by atoms with van der Waals surface area (Å²) in [7, 11) is -7.36. The zero-order valence-electron chi connectivity index (χ0n) is 39.2. The summed E-state index contributed by atoms with van der Waals surface area (Å²) in [6.45, 7) is 14.8. The Morgan fingerprint density at radius 2 is 1.68 bits per heavy atom. The zero-order valence-corrected chi connectivity index (χ0v) is 41.1. The first-order chi connectivity index (χ1) is 32.2. The van der Waals surface area contributed by atoms with Gasteiger partial charge in [0, 0.05) is 34.3 Å². The van der Waals surface area contributed by atoms with Crippen molar-refractivity contribution in [3.8, 4) is 6.07 Å². The van der Waals surface area contributed by atoms with Crippen molar-refractivity contribution in [3.05, 3.63) is 65.2 Å². The number of carbonyl (C=O) groups excluding carboxylic acids is 2. The number of nitrogens with one attached hydrogen (secondary N) is 3. The first kappa shape index (κ1) is 47.8. The van der Waals surface area contributed by atoms with Gasteiger partial charge in [-0.3, -0.25) is 38.3 Å². The minimum absolute atomic E-state index is 0.0272. The maximum Gasteiger partial charge on any atom is 0.475 e. The number of nitriles is 1. The second kappa shape index (κ2) is 17.3. The lowest BCUT2D eigenvalue weighted by atomic mass is 9.94. The van der Waals surface area contributed by atoms with Gasteiger partial charge in [0.05, 0.1) is 63.2 Å². The SMILES string of the molecule is CC(C)C(=O)Nc1nc2c(ncn2[C@H]2[C@H](O[Si](C)(C)C(C)(C)C)[C@H](OP(=O)(OCCC#N)OC[C@]34C[C@@H]3[C@@H](n3cnc5c(NC(=O)c6ccccc6)ncnc53)[C@H](C)[C@@H]4O)[C@@]3(CO)C[C@H]23)c(=O)[nH]1. The van der Waals surface area contributed by atoms with Gasteiger partial charge in [0.2, 0.25) is 11.9 Å². The number of aliphatic hydroxyl groups excluding tert-OH is 2. The van der Waals surface area contributed by atoms with Crippen LogP contribution >= 0.6 is 7.82 Å². The Labute approximate surface area is 393 Å². The lowest BCUT2D eigenvalue weighted by Gasteiger charge is -2.43. The summed E-state index contributed by atoms with van der Waals surface area (Å²) in [6, 6.07) is 9.78. The molecule has 5 aromatic rings. The number of H-pyrrole nitrogens is 1. The number of aromatic nitrogens is 8. The second-order valence-electron chi connectivity index (χ2n) is 20.6. The van der Waals surface area contributed by atoms with Crippen molar-refractivity contribution < 1.29 is 42.4 Å². The molecule has 0 bridgehead atoms. The molecule has 5 N–H and O–H groups in total. The minimum atomic E-state index is -4.64. The fourth-order valence-electron chi connectivity index (χ4n) is 10.3. The van der Waals surface area contributed by atoms with Gasteiger partial charge in [-0.15, -0.1) is 0 Å². The Hall–Kier alpha value is -5.24. The summed E-state index contributed by atoms with van der Waals surface area (Å²) in [4.78, 5) is 64.2. The van der Waals surface area contributed by atoms with Crippen LogP contribution < -0.4 is 16.2 Å². The molecule has 68 heavy (non-hydrogen) atoms. The van der Waals surface area contributed by atoms with Gasteiger partial charge in [0.25, 0.3) is 11.5 Å². The molecule has 2 amide bonds. The summed E-state index contributed by atoms with van der Waals surface area (Å²) in [5, 5.41) is 37.9. The molecule has 4 aliphatic rings. The number of phosphoric ester groups is 1. The van der Waals surface area contributed by atoms with E-state index in [1.165, 1.54) is 12.7 Å². The van der Waals surface area contributed by atoms with Gasteiger partial charge >= 0.3 is 7.82 Å². The van der Waals surface area contributed by atoms with Crippen molar-refractivity contribution in [3.63, 3.8) is 0 Å². The van der Waals surface area contributed by atoms with Crippen LogP contribution in [0.2, 0.25) is 18.1 Å². The number of rotatable bonds is 17. The number of imidazole rings is 2. The van der Waals surface area contributed by atoms with Crippen molar-refractivity contribution in [2.75, 3.05) is 30.5 Å². The molecule has 362 valence electrons. The molecule has 1 unspecified atom stereocenters. The maximum absolute atomic E-state index is 15.3. The summed E-state index contributed by atoms with van der Waals surface area (Å²) < 4.78 is 45.0. The summed E-state index contributed by atoms with van der Waals surface area (Å²) >= 11 is 0. The van der Waals surface area contributed by atoms with E-state index in [0.717, 1.165) is 0 Å². The van der Waals surface area contributed by atoms with Crippen LogP contribution in [-0.4, -0.2) is 108 Å². The normalized spacial score (nSPS) is 29.4. The number of aromatic amines is 1. The van der Waals surface area contributed by atoms with E-state index >= 15 is 4.57 Å². The van der Waals surface area contributed by atoms with E-state index in [0.29, 0.717) is 29.6 Å². The van der Waals surface area contributed by atoms with Gasteiger partial charge in [-0.1, -0.05) is 59.7 Å². The Morgan fingerprint density at radius 1 is 1.00 bits per heavy atom. The number of nitrogens with zero attached hydrogens (tertiary/aromatic N) is 8. The number of amides is 2. The molecule has 23 heteroatoms. The van der Waals surface area contributed by atoms with Crippen LogP contribution in [0.25, 0.3) is 22.3 Å². The van der Waals surface area contributed by atoms with Crippen LogP contribution in [0.4, 0.5) is 11.8 Å². The van der Waals surface area contributed by atoms with E-state index in [1.807, 2.05) is 23.6 Å². The lowest BCUT2D eigenvalue weighted by molar-refractivity contribution is -0.118. The van der Waals surface area contributed by atoms with E-state index in [1.54, 1.807) is 49.0 Å². The maximum atomic E-state index is 15.3. The number of aliphatic hydroxyl groups is 2. The molecule has 21 nitrogen and oxygen atoms in total. The van der Waals surface area contributed by atoms with Crippen LogP contribution in [0.1, 0.15) is 83.2 Å². The predicted octanol–water partition coefficient (Wildman–Crippen LogP) is 5.75. The first-order valence-corrected chi connectivity index (χ1v) is 27.3. The van der Waals surface area contributed by atoms with Crippen molar-refractivity contribution >= 4 is 62.0 Å². The molecule has 4 saturated carbocycles. The number of benzene rings is 1. The number of hydrogen-bond acceptors (Lipinski definition) is 16. The molecular formula is C45H58N11O10PSi.